The first-order valence-corrected chi connectivity index (χ1v) is 14.2. The van der Waals surface area contributed by atoms with Crippen LogP contribution in [0.1, 0.15) is 35.1 Å². The fourth-order valence-electron chi connectivity index (χ4n) is 4.86. The highest BCUT2D eigenvalue weighted by Crippen LogP contribution is 2.32. The average Bonchev–Trinajstić information content (AvgIpc) is 2.89. The number of aryl methyl sites for hydroxylation is 3. The van der Waals surface area contributed by atoms with E-state index in [-0.39, 0.29) is 23.1 Å². The Kier molecular flexibility index (Phi) is 8.22. The Morgan fingerprint density at radius 2 is 1.65 bits per heavy atom. The predicted octanol–water partition coefficient (Wildman–Crippen LogP) is 5.30. The number of benzene rings is 3. The number of sulfonamides is 1. The highest BCUT2D eigenvalue weighted by atomic mass is 32.2. The first kappa shape index (κ1) is 26.7. The molecule has 1 aliphatic heterocycles. The fourth-order valence-corrected chi connectivity index (χ4v) is 6.51. The summed E-state index contributed by atoms with van der Waals surface area (Å²) in [6.45, 7) is 6.76. The van der Waals surface area contributed by atoms with E-state index in [0.717, 1.165) is 36.0 Å². The van der Waals surface area contributed by atoms with Crippen LogP contribution in [0.2, 0.25) is 0 Å². The molecule has 1 heterocycles. The number of methoxy groups -OCH3 is 1. The number of rotatable bonds is 8. The Morgan fingerprint density at radius 3 is 2.30 bits per heavy atom. The van der Waals surface area contributed by atoms with Gasteiger partial charge in [0.05, 0.1) is 12.8 Å². The van der Waals surface area contributed by atoms with Crippen LogP contribution < -0.4 is 9.04 Å². The Balaban J connectivity index is 1.57. The summed E-state index contributed by atoms with van der Waals surface area (Å²) in [6, 6.07) is 21.0. The largest absolute Gasteiger partial charge is 0.495 e. The molecule has 1 fully saturated rings. The van der Waals surface area contributed by atoms with Gasteiger partial charge in [0.1, 0.15) is 17.2 Å². The van der Waals surface area contributed by atoms with Crippen molar-refractivity contribution in [3.8, 4) is 5.75 Å². The summed E-state index contributed by atoms with van der Waals surface area (Å²) in [5, 5.41) is 0. The second-order valence-corrected chi connectivity index (χ2v) is 11.8. The van der Waals surface area contributed by atoms with E-state index in [1.54, 1.807) is 23.1 Å². The molecule has 0 aliphatic carbocycles. The summed E-state index contributed by atoms with van der Waals surface area (Å²) >= 11 is 0. The van der Waals surface area contributed by atoms with Crippen LogP contribution in [-0.4, -0.2) is 46.0 Å². The molecule has 0 spiro atoms. The van der Waals surface area contributed by atoms with Gasteiger partial charge in [-0.2, -0.15) is 0 Å². The summed E-state index contributed by atoms with van der Waals surface area (Å²) in [5.74, 6) is 0.586. The van der Waals surface area contributed by atoms with E-state index in [1.807, 2.05) is 45.0 Å². The first-order chi connectivity index (χ1) is 17.7. The molecule has 3 aromatic rings. The molecule has 1 amide bonds. The standard InChI is InChI=1S/C30H36N2O4S/c1-22-10-13-28(36-4)29(18-22)37(34,35)32(27-12-11-23(2)24(3)19-27)21-30(33)31-16-14-26(15-17-31)20-25-8-6-5-7-9-25/h5-13,18-19,26H,14-17,20-21H2,1-4H3. The molecule has 0 bridgehead atoms. The number of likely N-dealkylation sites (tertiary alicyclic amines) is 1. The third-order valence-corrected chi connectivity index (χ3v) is 9.07. The summed E-state index contributed by atoms with van der Waals surface area (Å²) in [4.78, 5) is 15.3. The van der Waals surface area contributed by atoms with Gasteiger partial charge in [0.2, 0.25) is 5.91 Å². The minimum absolute atomic E-state index is 0.0580. The first-order valence-electron chi connectivity index (χ1n) is 12.8. The highest BCUT2D eigenvalue weighted by molar-refractivity contribution is 7.93. The molecule has 0 unspecified atom stereocenters. The van der Waals surface area contributed by atoms with Gasteiger partial charge in [-0.15, -0.1) is 0 Å². The van der Waals surface area contributed by atoms with Crippen LogP contribution in [0.3, 0.4) is 0 Å². The number of hydrogen-bond donors (Lipinski definition) is 0. The van der Waals surface area contributed by atoms with Gasteiger partial charge in [-0.1, -0.05) is 42.5 Å². The van der Waals surface area contributed by atoms with Crippen molar-refractivity contribution in [2.45, 2.75) is 44.9 Å². The Hall–Kier alpha value is -3.32. The number of hydrogen-bond acceptors (Lipinski definition) is 4. The number of amides is 1. The number of anilines is 1. The zero-order valence-corrected chi connectivity index (χ0v) is 22.9. The lowest BCUT2D eigenvalue weighted by Gasteiger charge is -2.34. The van der Waals surface area contributed by atoms with Crippen molar-refractivity contribution in [1.82, 2.24) is 4.90 Å². The third-order valence-electron chi connectivity index (χ3n) is 7.28. The van der Waals surface area contributed by atoms with Crippen LogP contribution in [0.4, 0.5) is 5.69 Å². The molecule has 3 aromatic carbocycles. The smallest absolute Gasteiger partial charge is 0.268 e. The molecule has 0 aromatic heterocycles. The monoisotopic (exact) mass is 520 g/mol. The predicted molar refractivity (Wildman–Crippen MR) is 148 cm³/mol. The molecule has 0 N–H and O–H groups in total. The summed E-state index contributed by atoms with van der Waals surface area (Å²) in [5.41, 5.74) is 4.60. The van der Waals surface area contributed by atoms with Crippen molar-refractivity contribution in [3.05, 3.63) is 89.0 Å². The van der Waals surface area contributed by atoms with E-state index in [0.29, 0.717) is 24.7 Å². The highest BCUT2D eigenvalue weighted by Gasteiger charge is 2.32. The van der Waals surface area contributed by atoms with Crippen LogP contribution in [0.15, 0.2) is 71.6 Å². The van der Waals surface area contributed by atoms with Crippen LogP contribution in [-0.2, 0) is 21.2 Å². The molecule has 0 radical (unpaired) electrons. The van der Waals surface area contributed by atoms with Crippen LogP contribution in [0.5, 0.6) is 5.75 Å². The lowest BCUT2D eigenvalue weighted by atomic mass is 9.90. The van der Waals surface area contributed by atoms with Gasteiger partial charge in [-0.3, -0.25) is 9.10 Å². The molecule has 37 heavy (non-hydrogen) atoms. The lowest BCUT2D eigenvalue weighted by Crippen LogP contribution is -2.46. The maximum atomic E-state index is 14.0. The van der Waals surface area contributed by atoms with Crippen molar-refractivity contribution >= 4 is 21.6 Å². The molecule has 4 rings (SSSR count). The molecule has 7 heteroatoms. The minimum Gasteiger partial charge on any atom is -0.495 e. The SMILES string of the molecule is COc1ccc(C)cc1S(=O)(=O)N(CC(=O)N1CCC(Cc2ccccc2)CC1)c1ccc(C)c(C)c1. The van der Waals surface area contributed by atoms with Crippen molar-refractivity contribution in [2.75, 3.05) is 31.0 Å². The third kappa shape index (κ3) is 6.16. The molecule has 6 nitrogen and oxygen atoms in total. The van der Waals surface area contributed by atoms with Crippen molar-refractivity contribution in [3.63, 3.8) is 0 Å². The van der Waals surface area contributed by atoms with Gasteiger partial charge in [0.25, 0.3) is 10.0 Å². The van der Waals surface area contributed by atoms with Crippen LogP contribution >= 0.6 is 0 Å². The maximum absolute atomic E-state index is 14.0. The van der Waals surface area contributed by atoms with E-state index in [4.69, 9.17) is 4.74 Å². The lowest BCUT2D eigenvalue weighted by molar-refractivity contribution is -0.130. The van der Waals surface area contributed by atoms with Gasteiger partial charge < -0.3 is 9.64 Å². The number of nitrogens with zero attached hydrogens (tertiary/aromatic N) is 2. The van der Waals surface area contributed by atoms with Gasteiger partial charge in [-0.25, -0.2) is 8.42 Å². The molecule has 196 valence electrons. The van der Waals surface area contributed by atoms with Crippen LogP contribution in [0.25, 0.3) is 0 Å². The van der Waals surface area contributed by atoms with E-state index in [1.165, 1.54) is 17.0 Å². The van der Waals surface area contributed by atoms with Gasteiger partial charge in [0, 0.05) is 13.1 Å². The fraction of sp³-hybridized carbons (Fsp3) is 0.367. The summed E-state index contributed by atoms with van der Waals surface area (Å²) in [6.07, 6.45) is 2.81. The molecule has 0 saturated carbocycles. The summed E-state index contributed by atoms with van der Waals surface area (Å²) in [7, 11) is -2.62. The van der Waals surface area contributed by atoms with Crippen molar-refractivity contribution in [1.29, 1.82) is 0 Å². The van der Waals surface area contributed by atoms with Gasteiger partial charge in [0.15, 0.2) is 0 Å². The van der Waals surface area contributed by atoms with Crippen LogP contribution in [0, 0.1) is 26.7 Å². The second-order valence-electron chi connectivity index (χ2n) is 9.95. The van der Waals surface area contributed by atoms with E-state index in [9.17, 15) is 13.2 Å². The molecular weight excluding hydrogens is 484 g/mol. The molecule has 1 aliphatic rings. The zero-order chi connectivity index (χ0) is 26.6. The number of piperidine rings is 1. The zero-order valence-electron chi connectivity index (χ0n) is 22.1. The van der Waals surface area contributed by atoms with Gasteiger partial charge in [-0.05, 0) is 92.5 Å². The normalized spacial score (nSPS) is 14.4. The molecule has 0 atom stereocenters. The second kappa shape index (κ2) is 11.4. The van der Waals surface area contributed by atoms with E-state index >= 15 is 0 Å². The number of carbonyl (C=O) groups excluding carboxylic acids is 1. The quantitative estimate of drug-likeness (QED) is 0.404. The Bertz CT molecular complexity index is 1350. The van der Waals surface area contributed by atoms with E-state index in [2.05, 4.69) is 24.3 Å². The minimum atomic E-state index is -4.07. The van der Waals surface area contributed by atoms with Gasteiger partial charge >= 0.3 is 0 Å². The molecular formula is C30H36N2O4S. The average molecular weight is 521 g/mol. The topological polar surface area (TPSA) is 66.9 Å². The van der Waals surface area contributed by atoms with Crippen molar-refractivity contribution < 1.29 is 17.9 Å². The summed E-state index contributed by atoms with van der Waals surface area (Å²) < 4.78 is 34.6. The van der Waals surface area contributed by atoms with E-state index < -0.39 is 10.0 Å². The van der Waals surface area contributed by atoms with Crippen molar-refractivity contribution in [2.24, 2.45) is 5.92 Å². The number of ether oxygens (including phenoxy) is 1. The Morgan fingerprint density at radius 1 is 0.946 bits per heavy atom. The number of carbonyl (C=O) groups is 1. The Labute approximate surface area is 220 Å². The molecule has 1 saturated heterocycles. The maximum Gasteiger partial charge on any atom is 0.268 e.